The number of carbonyl (C=O) groups is 2. The molecule has 50 heavy (non-hydrogen) atoms. The maximum absolute atomic E-state index is 13.4. The van der Waals surface area contributed by atoms with Gasteiger partial charge in [0.15, 0.2) is 0 Å². The van der Waals surface area contributed by atoms with Crippen molar-refractivity contribution in [2.45, 2.75) is 0 Å². The molecule has 2 N–H and O–H groups in total. The van der Waals surface area contributed by atoms with Gasteiger partial charge in [-0.1, -0.05) is 12.1 Å². The monoisotopic (exact) mass is 794 g/mol. The zero-order valence-electron chi connectivity index (χ0n) is 25.2. The number of carbonyl (C=O) groups excluding carboxylic acids is 2. The van der Waals surface area contributed by atoms with Crippen molar-refractivity contribution in [3.05, 3.63) is 117 Å². The van der Waals surface area contributed by atoms with E-state index in [2.05, 4.69) is 94.2 Å². The second-order valence-electron chi connectivity index (χ2n) is 11.1. The summed E-state index contributed by atoms with van der Waals surface area (Å²) in [5.41, 5.74) is 1.73. The van der Waals surface area contributed by atoms with E-state index in [-0.39, 0.29) is 11.8 Å². The molecule has 2 amide bonds. The first-order valence-electron chi connectivity index (χ1n) is 15.1. The summed E-state index contributed by atoms with van der Waals surface area (Å²) in [6, 6.07) is 25.6. The SMILES string of the molecule is O=C1NC(c2cnc(-c3ccc(-c4ccc(-c5cccs5)s4)s3)s2)=C2C(=O)NC(c3cnc(-c4ccc(-c5ccc(-c6cccs6)s5)s4)s3)=C12. The Morgan fingerprint density at radius 2 is 0.760 bits per heavy atom. The van der Waals surface area contributed by atoms with Gasteiger partial charge >= 0.3 is 0 Å². The summed E-state index contributed by atoms with van der Waals surface area (Å²) in [7, 11) is 0. The number of aromatic nitrogens is 2. The molecule has 2 aliphatic rings. The summed E-state index contributed by atoms with van der Waals surface area (Å²) >= 11 is 13.4. The van der Waals surface area contributed by atoms with Crippen LogP contribution in [0.25, 0.3) is 70.2 Å². The molecule has 8 aromatic rings. The zero-order valence-corrected chi connectivity index (χ0v) is 31.7. The molecule has 0 unspecified atom stereocenters. The number of amides is 2. The lowest BCUT2D eigenvalue weighted by Gasteiger charge is -2.03. The maximum atomic E-state index is 13.4. The van der Waals surface area contributed by atoms with Gasteiger partial charge in [0.2, 0.25) is 0 Å². The number of hydrogen-bond acceptors (Lipinski definition) is 12. The summed E-state index contributed by atoms with van der Waals surface area (Å²) in [5, 5.41) is 11.8. The van der Waals surface area contributed by atoms with Gasteiger partial charge in [-0.15, -0.1) is 90.7 Å². The van der Waals surface area contributed by atoms with Crippen LogP contribution in [0.4, 0.5) is 0 Å². The van der Waals surface area contributed by atoms with Gasteiger partial charge in [0.05, 0.1) is 42.0 Å². The third-order valence-electron chi connectivity index (χ3n) is 8.04. The first-order chi connectivity index (χ1) is 24.6. The molecule has 0 saturated heterocycles. The molecule has 0 fully saturated rings. The number of thiophene rings is 6. The van der Waals surface area contributed by atoms with Crippen molar-refractivity contribution in [3.8, 4) is 58.8 Å². The van der Waals surface area contributed by atoms with Gasteiger partial charge in [0.25, 0.3) is 11.8 Å². The van der Waals surface area contributed by atoms with Gasteiger partial charge in [-0.25, -0.2) is 9.97 Å². The van der Waals surface area contributed by atoms with Crippen LogP contribution in [0.1, 0.15) is 9.75 Å². The minimum absolute atomic E-state index is 0.302. The molecule has 8 aromatic heterocycles. The second kappa shape index (κ2) is 12.3. The Bertz CT molecular complexity index is 2470. The minimum atomic E-state index is -0.302. The molecule has 10 rings (SSSR count). The number of hydrogen-bond donors (Lipinski definition) is 2. The molecule has 0 radical (unpaired) electrons. The molecular formula is C36H18N4O2S8. The van der Waals surface area contributed by atoms with Crippen LogP contribution in [0.2, 0.25) is 0 Å². The average Bonchev–Trinajstić information content (AvgIpc) is 3.99. The molecule has 6 nitrogen and oxygen atoms in total. The van der Waals surface area contributed by atoms with Crippen LogP contribution in [-0.2, 0) is 9.59 Å². The predicted molar refractivity (Wildman–Crippen MR) is 214 cm³/mol. The van der Waals surface area contributed by atoms with Crippen molar-refractivity contribution in [1.82, 2.24) is 20.6 Å². The number of fused-ring (bicyclic) bond motifs is 1. The van der Waals surface area contributed by atoms with E-state index in [1.165, 1.54) is 61.7 Å². The number of nitrogens with zero attached hydrogens (tertiary/aromatic N) is 2. The summed E-state index contributed by atoms with van der Waals surface area (Å²) in [5.74, 6) is -0.605. The third kappa shape index (κ3) is 5.26. The predicted octanol–water partition coefficient (Wildman–Crippen LogP) is 11.4. The minimum Gasteiger partial charge on any atom is -0.320 e. The highest BCUT2D eigenvalue weighted by molar-refractivity contribution is 7.29. The molecule has 0 bridgehead atoms. The second-order valence-corrected chi connectivity index (χ2v) is 19.4. The molecule has 0 saturated carbocycles. The standard InChI is InChI=1S/C36H18N4O2S8/c41-33-29-30(32(40-33)28-16-38-36(50-28)26-12-10-24(48-26)22-8-6-20(46-22)18-4-2-14-44-18)34(42)39-31(29)27-15-37-35(49-27)25-11-9-23(47-25)21-7-5-19(45-21)17-3-1-13-43-17/h1-16H,(H,39,42)(H,40,41). The third-order valence-corrected chi connectivity index (χ3v) is 17.3. The van der Waals surface area contributed by atoms with E-state index in [0.717, 1.165) is 29.5 Å². The fourth-order valence-corrected chi connectivity index (χ4v) is 13.6. The van der Waals surface area contributed by atoms with Crippen LogP contribution in [0.5, 0.6) is 0 Å². The highest BCUT2D eigenvalue weighted by Crippen LogP contribution is 2.46. The topological polar surface area (TPSA) is 84.0 Å². The van der Waals surface area contributed by atoms with Gasteiger partial charge in [0.1, 0.15) is 10.0 Å². The number of nitrogens with one attached hydrogen (secondary N) is 2. The number of rotatable bonds is 8. The van der Waals surface area contributed by atoms with E-state index < -0.39 is 0 Å². The van der Waals surface area contributed by atoms with Crippen molar-refractivity contribution in [3.63, 3.8) is 0 Å². The van der Waals surface area contributed by atoms with E-state index in [4.69, 9.17) is 9.97 Å². The summed E-state index contributed by atoms with van der Waals surface area (Å²) < 4.78 is 0. The molecule has 0 aliphatic carbocycles. The molecule has 14 heteroatoms. The Morgan fingerprint density at radius 3 is 1.14 bits per heavy atom. The van der Waals surface area contributed by atoms with E-state index in [0.29, 0.717) is 22.5 Å². The molecule has 0 spiro atoms. The largest absolute Gasteiger partial charge is 0.320 e. The van der Waals surface area contributed by atoms with Crippen molar-refractivity contribution >= 4 is 114 Å². The normalized spacial score (nSPS) is 14.2. The lowest BCUT2D eigenvalue weighted by molar-refractivity contribution is -0.117. The Kier molecular flexibility index (Phi) is 7.54. The van der Waals surface area contributed by atoms with Gasteiger partial charge in [-0.05, 0) is 71.4 Å². The lowest BCUT2D eigenvalue weighted by Crippen LogP contribution is -2.20. The van der Waals surface area contributed by atoms with Crippen LogP contribution in [0.3, 0.4) is 0 Å². The molecule has 0 atom stereocenters. The lowest BCUT2D eigenvalue weighted by atomic mass is 10.1. The van der Waals surface area contributed by atoms with Crippen molar-refractivity contribution < 1.29 is 9.59 Å². The highest BCUT2D eigenvalue weighted by Gasteiger charge is 2.42. The van der Waals surface area contributed by atoms with Gasteiger partial charge < -0.3 is 10.6 Å². The van der Waals surface area contributed by atoms with Crippen molar-refractivity contribution in [1.29, 1.82) is 0 Å². The van der Waals surface area contributed by atoms with E-state index >= 15 is 0 Å². The molecule has 2 aliphatic heterocycles. The summed E-state index contributed by atoms with van der Waals surface area (Å²) in [4.78, 5) is 49.6. The molecule has 242 valence electrons. The van der Waals surface area contributed by atoms with Crippen LogP contribution >= 0.6 is 90.7 Å². The quantitative estimate of drug-likeness (QED) is 0.160. The Balaban J connectivity index is 0.913. The first kappa shape index (κ1) is 30.7. The fourth-order valence-electron chi connectivity index (χ4n) is 5.77. The average molecular weight is 795 g/mol. The molecule has 10 heterocycles. The van der Waals surface area contributed by atoms with Crippen LogP contribution < -0.4 is 10.6 Å². The Hall–Kier alpha value is -4.12. The first-order valence-corrected chi connectivity index (χ1v) is 21.7. The van der Waals surface area contributed by atoms with E-state index in [1.54, 1.807) is 80.4 Å². The van der Waals surface area contributed by atoms with Crippen LogP contribution in [0, 0.1) is 0 Å². The highest BCUT2D eigenvalue weighted by atomic mass is 32.1. The van der Waals surface area contributed by atoms with Crippen molar-refractivity contribution in [2.75, 3.05) is 0 Å². The smallest absolute Gasteiger partial charge is 0.258 e. The van der Waals surface area contributed by atoms with E-state index in [9.17, 15) is 9.59 Å². The zero-order chi connectivity index (χ0) is 33.3. The van der Waals surface area contributed by atoms with Gasteiger partial charge in [0, 0.05) is 51.4 Å². The number of thiazole rings is 2. The summed E-state index contributed by atoms with van der Waals surface area (Å²) in [6.07, 6.45) is 3.48. The van der Waals surface area contributed by atoms with Crippen LogP contribution in [-0.4, -0.2) is 21.8 Å². The van der Waals surface area contributed by atoms with Crippen molar-refractivity contribution in [2.24, 2.45) is 0 Å². The Labute approximate surface area is 317 Å². The van der Waals surface area contributed by atoms with Crippen LogP contribution in [0.15, 0.2) is 107 Å². The fraction of sp³-hybridized carbons (Fsp3) is 0. The Morgan fingerprint density at radius 1 is 0.400 bits per heavy atom. The molecular weight excluding hydrogens is 777 g/mol. The molecule has 0 aromatic carbocycles. The maximum Gasteiger partial charge on any atom is 0.258 e. The summed E-state index contributed by atoms with van der Waals surface area (Å²) in [6.45, 7) is 0. The van der Waals surface area contributed by atoms with Gasteiger partial charge in [-0.3, -0.25) is 9.59 Å². The van der Waals surface area contributed by atoms with E-state index in [1.807, 2.05) is 0 Å². The van der Waals surface area contributed by atoms with Gasteiger partial charge in [-0.2, -0.15) is 0 Å².